The highest BCUT2D eigenvalue weighted by atomic mass is 16.2. The number of amides is 1. The molecular formula is C13H16N4O. The largest absolute Gasteiger partial charge is 0.320 e. The second kappa shape index (κ2) is 5.46. The molecule has 3 N–H and O–H groups in total. The van der Waals surface area contributed by atoms with Gasteiger partial charge in [-0.1, -0.05) is 30.3 Å². The molecule has 0 fully saturated rings. The third kappa shape index (κ3) is 3.18. The molecule has 0 aliphatic carbocycles. The lowest BCUT2D eigenvalue weighted by Gasteiger charge is -2.10. The summed E-state index contributed by atoms with van der Waals surface area (Å²) in [6.07, 6.45) is 2.28. The number of hydrogen-bond acceptors (Lipinski definition) is 3. The third-order valence-electron chi connectivity index (χ3n) is 2.60. The van der Waals surface area contributed by atoms with E-state index in [1.807, 2.05) is 30.3 Å². The van der Waals surface area contributed by atoms with Crippen molar-refractivity contribution in [1.29, 1.82) is 0 Å². The van der Waals surface area contributed by atoms with Gasteiger partial charge in [-0.25, -0.2) is 0 Å². The van der Waals surface area contributed by atoms with Crippen molar-refractivity contribution in [2.75, 3.05) is 5.32 Å². The summed E-state index contributed by atoms with van der Waals surface area (Å²) >= 11 is 0. The standard InChI is InChI=1S/C13H16N4O/c1-17-8-7-12(16-17)15-13(18)11(14)9-10-5-3-2-4-6-10/h2-8,11H,9,14H2,1H3,(H,15,16,18). The second-order valence-electron chi connectivity index (χ2n) is 4.16. The van der Waals surface area contributed by atoms with Crippen molar-refractivity contribution in [1.82, 2.24) is 9.78 Å². The lowest BCUT2D eigenvalue weighted by Crippen LogP contribution is -2.37. The molecule has 94 valence electrons. The van der Waals surface area contributed by atoms with Crippen LogP contribution in [0.4, 0.5) is 5.82 Å². The fourth-order valence-electron chi connectivity index (χ4n) is 1.66. The van der Waals surface area contributed by atoms with Crippen LogP contribution in [0.3, 0.4) is 0 Å². The molecule has 5 nitrogen and oxygen atoms in total. The van der Waals surface area contributed by atoms with Gasteiger partial charge in [0, 0.05) is 19.3 Å². The number of nitrogens with zero attached hydrogens (tertiary/aromatic N) is 2. The number of carbonyl (C=O) groups is 1. The number of aryl methyl sites for hydroxylation is 1. The van der Waals surface area contributed by atoms with Crippen LogP contribution >= 0.6 is 0 Å². The summed E-state index contributed by atoms with van der Waals surface area (Å²) < 4.78 is 1.62. The van der Waals surface area contributed by atoms with Gasteiger partial charge in [0.1, 0.15) is 0 Å². The molecular weight excluding hydrogens is 228 g/mol. The predicted molar refractivity (Wildman–Crippen MR) is 70.0 cm³/mol. The molecule has 5 heteroatoms. The molecule has 0 spiro atoms. The topological polar surface area (TPSA) is 72.9 Å². The van der Waals surface area contributed by atoms with Gasteiger partial charge in [0.2, 0.25) is 5.91 Å². The maximum atomic E-state index is 11.8. The summed E-state index contributed by atoms with van der Waals surface area (Å²) in [5.41, 5.74) is 6.90. The Bertz CT molecular complexity index is 521. The smallest absolute Gasteiger partial charge is 0.242 e. The first-order chi connectivity index (χ1) is 8.65. The van der Waals surface area contributed by atoms with Crippen molar-refractivity contribution in [2.45, 2.75) is 12.5 Å². The molecule has 1 aromatic heterocycles. The van der Waals surface area contributed by atoms with Crippen molar-refractivity contribution in [3.63, 3.8) is 0 Å². The highest BCUT2D eigenvalue weighted by molar-refractivity contribution is 5.94. The Morgan fingerprint density at radius 2 is 2.11 bits per heavy atom. The molecule has 2 rings (SSSR count). The minimum Gasteiger partial charge on any atom is -0.320 e. The summed E-state index contributed by atoms with van der Waals surface area (Å²) in [4.78, 5) is 11.8. The van der Waals surface area contributed by atoms with Gasteiger partial charge in [0.05, 0.1) is 6.04 Å². The number of carbonyl (C=O) groups excluding carboxylic acids is 1. The van der Waals surface area contributed by atoms with E-state index in [0.717, 1.165) is 5.56 Å². The number of benzene rings is 1. The molecule has 1 aromatic carbocycles. The molecule has 0 saturated carbocycles. The summed E-state index contributed by atoms with van der Waals surface area (Å²) in [5.74, 6) is 0.295. The number of nitrogens with one attached hydrogen (secondary N) is 1. The SMILES string of the molecule is Cn1ccc(NC(=O)C(N)Cc2ccccc2)n1. The van der Waals surface area contributed by atoms with E-state index in [1.165, 1.54) is 0 Å². The Hall–Kier alpha value is -2.14. The van der Waals surface area contributed by atoms with Crippen molar-refractivity contribution >= 4 is 11.7 Å². The summed E-state index contributed by atoms with van der Waals surface area (Å²) in [6, 6.07) is 10.9. The summed E-state index contributed by atoms with van der Waals surface area (Å²) in [6.45, 7) is 0. The molecule has 0 aliphatic rings. The van der Waals surface area contributed by atoms with Crippen LogP contribution in [0, 0.1) is 0 Å². The Morgan fingerprint density at radius 3 is 2.72 bits per heavy atom. The molecule has 0 bridgehead atoms. The zero-order valence-electron chi connectivity index (χ0n) is 10.2. The molecule has 18 heavy (non-hydrogen) atoms. The number of rotatable bonds is 4. The number of hydrogen-bond donors (Lipinski definition) is 2. The van der Waals surface area contributed by atoms with Gasteiger partial charge in [0.15, 0.2) is 5.82 Å². The van der Waals surface area contributed by atoms with Crippen LogP contribution in [-0.4, -0.2) is 21.7 Å². The number of anilines is 1. The van der Waals surface area contributed by atoms with Crippen molar-refractivity contribution < 1.29 is 4.79 Å². The average molecular weight is 244 g/mol. The predicted octanol–water partition coefficient (Wildman–Crippen LogP) is 0.929. The molecule has 0 saturated heterocycles. The van der Waals surface area contributed by atoms with Gasteiger partial charge in [-0.05, 0) is 12.0 Å². The Morgan fingerprint density at radius 1 is 1.39 bits per heavy atom. The highest BCUT2D eigenvalue weighted by Gasteiger charge is 2.14. The molecule has 0 radical (unpaired) electrons. The first kappa shape index (κ1) is 12.3. The van der Waals surface area contributed by atoms with Crippen LogP contribution in [0.1, 0.15) is 5.56 Å². The van der Waals surface area contributed by atoms with Crippen LogP contribution in [0.15, 0.2) is 42.6 Å². The normalized spacial score (nSPS) is 12.1. The monoisotopic (exact) mass is 244 g/mol. The fourth-order valence-corrected chi connectivity index (χ4v) is 1.66. The van der Waals surface area contributed by atoms with E-state index in [0.29, 0.717) is 12.2 Å². The summed E-state index contributed by atoms with van der Waals surface area (Å²) in [5, 5.41) is 6.76. The lowest BCUT2D eigenvalue weighted by atomic mass is 10.1. The van der Waals surface area contributed by atoms with Gasteiger partial charge >= 0.3 is 0 Å². The van der Waals surface area contributed by atoms with E-state index >= 15 is 0 Å². The third-order valence-corrected chi connectivity index (χ3v) is 2.60. The van der Waals surface area contributed by atoms with E-state index < -0.39 is 6.04 Å². The molecule has 1 unspecified atom stereocenters. The van der Waals surface area contributed by atoms with Crippen molar-refractivity contribution in [2.24, 2.45) is 12.8 Å². The minimum atomic E-state index is -0.575. The van der Waals surface area contributed by atoms with Gasteiger partial charge in [-0.15, -0.1) is 0 Å². The van der Waals surface area contributed by atoms with Crippen LogP contribution < -0.4 is 11.1 Å². The molecule has 1 heterocycles. The fraction of sp³-hybridized carbons (Fsp3) is 0.231. The number of aromatic nitrogens is 2. The number of nitrogens with two attached hydrogens (primary N) is 1. The van der Waals surface area contributed by atoms with Crippen molar-refractivity contribution in [3.05, 3.63) is 48.2 Å². The quantitative estimate of drug-likeness (QED) is 0.840. The van der Waals surface area contributed by atoms with E-state index in [1.54, 1.807) is 24.0 Å². The molecule has 0 aliphatic heterocycles. The molecule has 1 atom stereocenters. The zero-order valence-corrected chi connectivity index (χ0v) is 10.2. The Labute approximate surface area is 106 Å². The van der Waals surface area contributed by atoms with E-state index in [2.05, 4.69) is 10.4 Å². The maximum Gasteiger partial charge on any atom is 0.242 e. The maximum absolute atomic E-state index is 11.8. The first-order valence-electron chi connectivity index (χ1n) is 5.75. The minimum absolute atomic E-state index is 0.224. The second-order valence-corrected chi connectivity index (χ2v) is 4.16. The molecule has 2 aromatic rings. The van der Waals surface area contributed by atoms with Gasteiger partial charge in [-0.2, -0.15) is 5.10 Å². The summed E-state index contributed by atoms with van der Waals surface area (Å²) in [7, 11) is 1.79. The van der Waals surface area contributed by atoms with Crippen LogP contribution in [0.5, 0.6) is 0 Å². The first-order valence-corrected chi connectivity index (χ1v) is 5.75. The lowest BCUT2D eigenvalue weighted by molar-refractivity contribution is -0.117. The Kier molecular flexibility index (Phi) is 3.74. The average Bonchev–Trinajstić information content (AvgIpc) is 2.76. The van der Waals surface area contributed by atoms with E-state index in [-0.39, 0.29) is 5.91 Å². The molecule has 1 amide bonds. The van der Waals surface area contributed by atoms with Crippen LogP contribution in [0.25, 0.3) is 0 Å². The van der Waals surface area contributed by atoms with Crippen molar-refractivity contribution in [3.8, 4) is 0 Å². The zero-order chi connectivity index (χ0) is 13.0. The van der Waals surface area contributed by atoms with E-state index in [9.17, 15) is 4.79 Å². The van der Waals surface area contributed by atoms with Gasteiger partial charge in [0.25, 0.3) is 0 Å². The van der Waals surface area contributed by atoms with E-state index in [4.69, 9.17) is 5.73 Å². The van der Waals surface area contributed by atoms with Gasteiger partial charge in [-0.3, -0.25) is 9.48 Å². The van der Waals surface area contributed by atoms with Gasteiger partial charge < -0.3 is 11.1 Å². The Balaban J connectivity index is 1.93. The van der Waals surface area contributed by atoms with Crippen LogP contribution in [-0.2, 0) is 18.3 Å². The highest BCUT2D eigenvalue weighted by Crippen LogP contribution is 2.05. The van der Waals surface area contributed by atoms with Crippen LogP contribution in [0.2, 0.25) is 0 Å².